The van der Waals surface area contributed by atoms with Crippen LogP contribution in [0.1, 0.15) is 13.8 Å². The Hall–Kier alpha value is -1.62. The summed E-state index contributed by atoms with van der Waals surface area (Å²) < 4.78 is 23.4. The largest absolute Gasteiger partial charge is 0.497 e. The summed E-state index contributed by atoms with van der Waals surface area (Å²) in [6, 6.07) is 4.13. The van der Waals surface area contributed by atoms with E-state index in [2.05, 4.69) is 5.32 Å². The Labute approximate surface area is 99.7 Å². The maximum Gasteiger partial charge on any atom is 0.250 e. The van der Waals surface area contributed by atoms with Crippen LogP contribution < -0.4 is 10.1 Å². The van der Waals surface area contributed by atoms with Crippen molar-refractivity contribution in [1.29, 1.82) is 0 Å². The Morgan fingerprint density at radius 1 is 1.47 bits per heavy atom. The van der Waals surface area contributed by atoms with Crippen molar-refractivity contribution in [3.8, 4) is 5.75 Å². The highest BCUT2D eigenvalue weighted by molar-refractivity contribution is 5.92. The van der Waals surface area contributed by atoms with Crippen LogP contribution in [-0.2, 0) is 9.53 Å². The Morgan fingerprint density at radius 2 is 2.18 bits per heavy atom. The number of carbonyl (C=O) groups is 1. The molecule has 0 heterocycles. The summed E-state index contributed by atoms with van der Waals surface area (Å²) in [6.07, 6.45) is -0.0455. The van der Waals surface area contributed by atoms with Crippen molar-refractivity contribution in [2.75, 3.05) is 19.0 Å². The predicted molar refractivity (Wildman–Crippen MR) is 62.7 cm³/mol. The third kappa shape index (κ3) is 4.40. The van der Waals surface area contributed by atoms with Crippen molar-refractivity contribution in [3.63, 3.8) is 0 Å². The van der Waals surface area contributed by atoms with Crippen LogP contribution in [-0.4, -0.2) is 25.7 Å². The van der Waals surface area contributed by atoms with Crippen LogP contribution in [0, 0.1) is 5.82 Å². The molecule has 0 saturated heterocycles. The van der Waals surface area contributed by atoms with E-state index in [1.807, 2.05) is 13.8 Å². The first kappa shape index (κ1) is 13.4. The lowest BCUT2D eigenvalue weighted by Crippen LogP contribution is -2.21. The second kappa shape index (κ2) is 6.20. The van der Waals surface area contributed by atoms with Gasteiger partial charge in [0.05, 0.1) is 18.9 Å². The summed E-state index contributed by atoms with van der Waals surface area (Å²) in [5.74, 6) is -0.430. The zero-order valence-corrected chi connectivity index (χ0v) is 10.1. The summed E-state index contributed by atoms with van der Waals surface area (Å²) >= 11 is 0. The molecular formula is C12H16FNO3. The molecule has 0 bridgehead atoms. The van der Waals surface area contributed by atoms with Crippen molar-refractivity contribution in [2.45, 2.75) is 20.0 Å². The average molecular weight is 241 g/mol. The molecule has 0 aliphatic heterocycles. The van der Waals surface area contributed by atoms with Gasteiger partial charge in [0.15, 0.2) is 0 Å². The molecule has 0 radical (unpaired) electrons. The SMILES string of the molecule is COc1ccc(F)c(NC(=O)COC(C)C)c1. The zero-order valence-electron chi connectivity index (χ0n) is 10.1. The number of benzene rings is 1. The Kier molecular flexibility index (Phi) is 4.90. The molecule has 0 fully saturated rings. The normalized spacial score (nSPS) is 10.4. The van der Waals surface area contributed by atoms with E-state index in [0.717, 1.165) is 0 Å². The third-order valence-electron chi connectivity index (χ3n) is 2.00. The summed E-state index contributed by atoms with van der Waals surface area (Å²) in [5.41, 5.74) is 0.0849. The predicted octanol–water partition coefficient (Wildman–Crippen LogP) is 2.20. The van der Waals surface area contributed by atoms with Crippen molar-refractivity contribution < 1.29 is 18.7 Å². The minimum Gasteiger partial charge on any atom is -0.497 e. The summed E-state index contributed by atoms with van der Waals surface area (Å²) in [7, 11) is 1.47. The number of anilines is 1. The average Bonchev–Trinajstić information content (AvgIpc) is 2.29. The van der Waals surface area contributed by atoms with Gasteiger partial charge in [0, 0.05) is 6.07 Å². The number of carbonyl (C=O) groups excluding carboxylic acids is 1. The number of hydrogen-bond donors (Lipinski definition) is 1. The highest BCUT2D eigenvalue weighted by atomic mass is 19.1. The van der Waals surface area contributed by atoms with Gasteiger partial charge in [0.2, 0.25) is 5.91 Å². The number of nitrogens with one attached hydrogen (secondary N) is 1. The summed E-state index contributed by atoms with van der Waals surface area (Å²) in [4.78, 5) is 11.4. The Morgan fingerprint density at radius 3 is 2.76 bits per heavy atom. The van der Waals surface area contributed by atoms with E-state index in [-0.39, 0.29) is 18.4 Å². The van der Waals surface area contributed by atoms with E-state index in [9.17, 15) is 9.18 Å². The molecule has 0 atom stereocenters. The fraction of sp³-hybridized carbons (Fsp3) is 0.417. The molecular weight excluding hydrogens is 225 g/mol. The van der Waals surface area contributed by atoms with Crippen LogP contribution in [0.25, 0.3) is 0 Å². The third-order valence-corrected chi connectivity index (χ3v) is 2.00. The molecule has 0 spiro atoms. The van der Waals surface area contributed by atoms with Gasteiger partial charge in [0.25, 0.3) is 0 Å². The monoisotopic (exact) mass is 241 g/mol. The van der Waals surface area contributed by atoms with E-state index >= 15 is 0 Å². The maximum absolute atomic E-state index is 13.4. The van der Waals surface area contributed by atoms with E-state index in [1.54, 1.807) is 0 Å². The van der Waals surface area contributed by atoms with Crippen LogP contribution in [0.2, 0.25) is 0 Å². The van der Waals surface area contributed by atoms with Gasteiger partial charge < -0.3 is 14.8 Å². The lowest BCUT2D eigenvalue weighted by Gasteiger charge is -2.10. The van der Waals surface area contributed by atoms with Crippen molar-refractivity contribution >= 4 is 11.6 Å². The molecule has 1 rings (SSSR count). The number of rotatable bonds is 5. The number of ether oxygens (including phenoxy) is 2. The second-order valence-corrected chi connectivity index (χ2v) is 3.75. The van der Waals surface area contributed by atoms with E-state index < -0.39 is 11.7 Å². The van der Waals surface area contributed by atoms with Crippen molar-refractivity contribution in [1.82, 2.24) is 0 Å². The van der Waals surface area contributed by atoms with Gasteiger partial charge in [-0.2, -0.15) is 0 Å². The quantitative estimate of drug-likeness (QED) is 0.859. The Balaban J connectivity index is 2.64. The van der Waals surface area contributed by atoms with Gasteiger partial charge in [-0.3, -0.25) is 4.79 Å². The minimum absolute atomic E-state index is 0.0455. The van der Waals surface area contributed by atoms with Crippen LogP contribution in [0.3, 0.4) is 0 Å². The zero-order chi connectivity index (χ0) is 12.8. The first-order chi connectivity index (χ1) is 8.02. The lowest BCUT2D eigenvalue weighted by atomic mass is 10.3. The van der Waals surface area contributed by atoms with Gasteiger partial charge in [-0.05, 0) is 26.0 Å². The highest BCUT2D eigenvalue weighted by Crippen LogP contribution is 2.20. The van der Waals surface area contributed by atoms with E-state index in [4.69, 9.17) is 9.47 Å². The smallest absolute Gasteiger partial charge is 0.250 e. The van der Waals surface area contributed by atoms with Gasteiger partial charge >= 0.3 is 0 Å². The molecule has 0 unspecified atom stereocenters. The van der Waals surface area contributed by atoms with Gasteiger partial charge in [-0.1, -0.05) is 0 Å². The molecule has 1 amide bonds. The van der Waals surface area contributed by atoms with E-state index in [1.165, 1.54) is 25.3 Å². The van der Waals surface area contributed by atoms with Crippen LogP contribution in [0.5, 0.6) is 5.75 Å². The van der Waals surface area contributed by atoms with Crippen LogP contribution in [0.15, 0.2) is 18.2 Å². The molecule has 0 saturated carbocycles. The molecule has 0 aliphatic carbocycles. The second-order valence-electron chi connectivity index (χ2n) is 3.75. The molecule has 94 valence electrons. The van der Waals surface area contributed by atoms with Crippen LogP contribution in [0.4, 0.5) is 10.1 Å². The molecule has 0 aliphatic rings. The summed E-state index contributed by atoms with van der Waals surface area (Å²) in [6.45, 7) is 3.53. The number of halogens is 1. The number of amides is 1. The number of methoxy groups -OCH3 is 1. The fourth-order valence-corrected chi connectivity index (χ4v) is 1.16. The van der Waals surface area contributed by atoms with Crippen molar-refractivity contribution in [3.05, 3.63) is 24.0 Å². The standard InChI is InChI=1S/C12H16FNO3/c1-8(2)17-7-12(15)14-11-6-9(16-3)4-5-10(11)13/h4-6,8H,7H2,1-3H3,(H,14,15). The van der Waals surface area contributed by atoms with Crippen molar-refractivity contribution in [2.24, 2.45) is 0 Å². The van der Waals surface area contributed by atoms with Crippen LogP contribution >= 0.6 is 0 Å². The number of hydrogen-bond acceptors (Lipinski definition) is 3. The van der Waals surface area contributed by atoms with Gasteiger partial charge in [0.1, 0.15) is 18.2 Å². The maximum atomic E-state index is 13.4. The molecule has 4 nitrogen and oxygen atoms in total. The molecule has 1 aromatic carbocycles. The molecule has 1 N–H and O–H groups in total. The topological polar surface area (TPSA) is 47.6 Å². The molecule has 17 heavy (non-hydrogen) atoms. The highest BCUT2D eigenvalue weighted by Gasteiger charge is 2.09. The minimum atomic E-state index is -0.510. The first-order valence-electron chi connectivity index (χ1n) is 5.28. The van der Waals surface area contributed by atoms with Gasteiger partial charge in [-0.15, -0.1) is 0 Å². The summed E-state index contributed by atoms with van der Waals surface area (Å²) in [5, 5.41) is 2.42. The Bertz CT molecular complexity index is 393. The lowest BCUT2D eigenvalue weighted by molar-refractivity contribution is -0.121. The first-order valence-corrected chi connectivity index (χ1v) is 5.28. The molecule has 0 aromatic heterocycles. The van der Waals surface area contributed by atoms with E-state index in [0.29, 0.717) is 5.75 Å². The molecule has 5 heteroatoms. The van der Waals surface area contributed by atoms with Gasteiger partial charge in [-0.25, -0.2) is 4.39 Å². The fourth-order valence-electron chi connectivity index (χ4n) is 1.16. The molecule has 1 aromatic rings.